The van der Waals surface area contributed by atoms with Gasteiger partial charge in [0.2, 0.25) is 11.8 Å². The summed E-state index contributed by atoms with van der Waals surface area (Å²) in [5, 5.41) is 2.62. The van der Waals surface area contributed by atoms with E-state index >= 15 is 0 Å². The number of alkyl halides is 1. The summed E-state index contributed by atoms with van der Waals surface area (Å²) in [4.78, 5) is 26.2. The highest BCUT2D eigenvalue weighted by atomic mass is 35.5. The molecule has 2 aromatic rings. The van der Waals surface area contributed by atoms with Crippen LogP contribution in [0.3, 0.4) is 0 Å². The molecule has 4 nitrogen and oxygen atoms in total. The molecule has 1 unspecified atom stereocenters. The molecule has 1 saturated heterocycles. The molecule has 0 saturated carbocycles. The van der Waals surface area contributed by atoms with Gasteiger partial charge >= 0.3 is 0 Å². The van der Waals surface area contributed by atoms with Gasteiger partial charge in [-0.1, -0.05) is 18.2 Å². The fourth-order valence-corrected chi connectivity index (χ4v) is 3.97. The van der Waals surface area contributed by atoms with Crippen molar-refractivity contribution in [3.05, 3.63) is 59.9 Å². The van der Waals surface area contributed by atoms with Crippen LogP contribution in [0.5, 0.6) is 0 Å². The lowest BCUT2D eigenvalue weighted by molar-refractivity contribution is -0.123. The number of thioether (sulfide) groups is 1. The number of nitrogens with zero attached hydrogens (tertiary/aromatic N) is 1. The van der Waals surface area contributed by atoms with E-state index in [-0.39, 0.29) is 28.9 Å². The Balaban J connectivity index is 1.80. The lowest BCUT2D eigenvalue weighted by atomic mass is 9.95. The maximum atomic E-state index is 13.6. The van der Waals surface area contributed by atoms with E-state index in [1.165, 1.54) is 23.9 Å². The van der Waals surface area contributed by atoms with Crippen LogP contribution < -0.4 is 10.2 Å². The molecule has 1 aliphatic heterocycles. The molecule has 1 fully saturated rings. The van der Waals surface area contributed by atoms with E-state index < -0.39 is 5.41 Å². The number of rotatable bonds is 5. The van der Waals surface area contributed by atoms with Gasteiger partial charge < -0.3 is 5.32 Å². The van der Waals surface area contributed by atoms with Crippen molar-refractivity contribution in [1.29, 1.82) is 0 Å². The third-order valence-corrected chi connectivity index (χ3v) is 6.24. The Morgan fingerprint density at radius 1 is 1.30 bits per heavy atom. The molecule has 27 heavy (non-hydrogen) atoms. The van der Waals surface area contributed by atoms with Crippen LogP contribution in [0.1, 0.15) is 24.8 Å². The highest BCUT2D eigenvalue weighted by Crippen LogP contribution is 2.42. The monoisotopic (exact) mass is 406 g/mol. The van der Waals surface area contributed by atoms with Crippen molar-refractivity contribution >= 4 is 46.6 Å². The quantitative estimate of drug-likeness (QED) is 0.725. The number of amides is 2. The number of carbonyl (C=O) groups excluding carboxylic acids is 2. The third-order valence-electron chi connectivity index (χ3n) is 4.36. The fourth-order valence-electron chi connectivity index (χ4n) is 2.67. The van der Waals surface area contributed by atoms with Gasteiger partial charge in [0, 0.05) is 17.3 Å². The molecule has 0 bridgehead atoms. The first-order valence-corrected chi connectivity index (χ1v) is 10.1. The normalized spacial score (nSPS) is 17.3. The van der Waals surface area contributed by atoms with E-state index in [1.807, 2.05) is 12.1 Å². The van der Waals surface area contributed by atoms with Crippen LogP contribution >= 0.6 is 23.4 Å². The first-order chi connectivity index (χ1) is 12.8. The zero-order valence-corrected chi connectivity index (χ0v) is 16.6. The van der Waals surface area contributed by atoms with Crippen LogP contribution in [-0.4, -0.2) is 23.4 Å². The Morgan fingerprint density at radius 3 is 2.63 bits per heavy atom. The molecule has 1 heterocycles. The maximum absolute atomic E-state index is 13.6. The molecule has 2 aromatic carbocycles. The summed E-state index contributed by atoms with van der Waals surface area (Å²) in [5.74, 6) is -0.0333. The van der Waals surface area contributed by atoms with E-state index in [0.717, 1.165) is 5.56 Å². The Kier molecular flexibility index (Phi) is 5.77. The lowest BCUT2D eigenvalue weighted by Gasteiger charge is -2.25. The van der Waals surface area contributed by atoms with Gasteiger partial charge in [-0.2, -0.15) is 0 Å². The van der Waals surface area contributed by atoms with Crippen molar-refractivity contribution in [2.45, 2.75) is 19.2 Å². The molecule has 0 radical (unpaired) electrons. The largest absolute Gasteiger partial charge is 0.326 e. The van der Waals surface area contributed by atoms with Gasteiger partial charge in [-0.05, 0) is 49.7 Å². The smallest absolute Gasteiger partial charge is 0.238 e. The van der Waals surface area contributed by atoms with Crippen molar-refractivity contribution < 1.29 is 14.0 Å². The second kappa shape index (κ2) is 7.90. The first kappa shape index (κ1) is 19.7. The minimum atomic E-state index is -0.665. The van der Waals surface area contributed by atoms with Crippen molar-refractivity contribution in [3.63, 3.8) is 0 Å². The van der Waals surface area contributed by atoms with Crippen molar-refractivity contribution in [2.75, 3.05) is 21.8 Å². The summed E-state index contributed by atoms with van der Waals surface area (Å²) < 4.78 is 13.6. The molecule has 1 atom stereocenters. The highest BCUT2D eigenvalue weighted by molar-refractivity contribution is 8.00. The number of hydrogen-bond acceptors (Lipinski definition) is 3. The van der Waals surface area contributed by atoms with Gasteiger partial charge in [0.25, 0.3) is 0 Å². The summed E-state index contributed by atoms with van der Waals surface area (Å²) in [5.41, 5.74) is 1.44. The summed E-state index contributed by atoms with van der Waals surface area (Å²) >= 11 is 7.33. The van der Waals surface area contributed by atoms with E-state index in [1.54, 1.807) is 43.0 Å². The van der Waals surface area contributed by atoms with Crippen molar-refractivity contribution in [2.24, 2.45) is 5.41 Å². The minimum Gasteiger partial charge on any atom is -0.326 e. The Morgan fingerprint density at radius 2 is 2.00 bits per heavy atom. The van der Waals surface area contributed by atoms with Gasteiger partial charge in [0.05, 0.1) is 11.2 Å². The van der Waals surface area contributed by atoms with Crippen LogP contribution in [0.2, 0.25) is 0 Å². The molecule has 2 amide bonds. The average molecular weight is 407 g/mol. The maximum Gasteiger partial charge on any atom is 0.238 e. The number of hydrogen-bond donors (Lipinski definition) is 1. The van der Waals surface area contributed by atoms with Gasteiger partial charge in [0.15, 0.2) is 0 Å². The average Bonchev–Trinajstić information content (AvgIpc) is 3.03. The standard InChI is InChI=1S/C20H20ClFN2O2S/c1-20(2,12-21)19(26)23-15-8-6-13(7-9-15)18-24(17(25)11-27-18)16-5-3-4-14(22)10-16/h3-10,18H,11-12H2,1-2H3,(H,23,26). The summed E-state index contributed by atoms with van der Waals surface area (Å²) in [6, 6.07) is 13.4. The SMILES string of the molecule is CC(C)(CCl)C(=O)Nc1ccc(C2SCC(=O)N2c2cccc(F)c2)cc1. The molecular weight excluding hydrogens is 387 g/mol. The third kappa shape index (κ3) is 4.28. The van der Waals surface area contributed by atoms with Crippen LogP contribution in [0.15, 0.2) is 48.5 Å². The van der Waals surface area contributed by atoms with E-state index in [4.69, 9.17) is 11.6 Å². The van der Waals surface area contributed by atoms with Gasteiger partial charge in [-0.3, -0.25) is 14.5 Å². The van der Waals surface area contributed by atoms with Gasteiger partial charge in [-0.15, -0.1) is 23.4 Å². The molecule has 0 spiro atoms. The predicted molar refractivity (Wildman–Crippen MR) is 109 cm³/mol. The fraction of sp³-hybridized carbons (Fsp3) is 0.300. The van der Waals surface area contributed by atoms with Gasteiger partial charge in [-0.25, -0.2) is 4.39 Å². The topological polar surface area (TPSA) is 49.4 Å². The Bertz CT molecular complexity index is 857. The lowest BCUT2D eigenvalue weighted by Crippen LogP contribution is -2.32. The molecule has 142 valence electrons. The molecule has 1 N–H and O–H groups in total. The first-order valence-electron chi connectivity index (χ1n) is 8.48. The summed E-state index contributed by atoms with van der Waals surface area (Å²) in [6.07, 6.45) is 0. The zero-order valence-electron chi connectivity index (χ0n) is 15.0. The molecule has 3 rings (SSSR count). The molecule has 0 aromatic heterocycles. The van der Waals surface area contributed by atoms with E-state index in [9.17, 15) is 14.0 Å². The van der Waals surface area contributed by atoms with Gasteiger partial charge in [0.1, 0.15) is 11.2 Å². The molecular formula is C20H20ClFN2O2S. The second-order valence-corrected chi connectivity index (χ2v) is 8.34. The Labute approximate surface area is 167 Å². The summed E-state index contributed by atoms with van der Waals surface area (Å²) in [7, 11) is 0. The van der Waals surface area contributed by atoms with Crippen LogP contribution in [0.4, 0.5) is 15.8 Å². The van der Waals surface area contributed by atoms with Crippen LogP contribution in [0.25, 0.3) is 0 Å². The molecule has 0 aliphatic carbocycles. The van der Waals surface area contributed by atoms with E-state index in [2.05, 4.69) is 5.32 Å². The van der Waals surface area contributed by atoms with Crippen LogP contribution in [-0.2, 0) is 9.59 Å². The summed E-state index contributed by atoms with van der Waals surface area (Å²) in [6.45, 7) is 3.56. The number of carbonyl (C=O) groups is 2. The second-order valence-electron chi connectivity index (χ2n) is 7.00. The highest BCUT2D eigenvalue weighted by Gasteiger charge is 2.34. The zero-order chi connectivity index (χ0) is 19.6. The number of anilines is 2. The minimum absolute atomic E-state index is 0.0585. The van der Waals surface area contributed by atoms with E-state index in [0.29, 0.717) is 17.1 Å². The molecule has 7 heteroatoms. The number of halogens is 2. The van der Waals surface area contributed by atoms with Crippen molar-refractivity contribution in [1.82, 2.24) is 0 Å². The molecule has 1 aliphatic rings. The number of nitrogens with one attached hydrogen (secondary N) is 1. The van der Waals surface area contributed by atoms with Crippen LogP contribution in [0, 0.1) is 11.2 Å². The predicted octanol–water partition coefficient (Wildman–Crippen LogP) is 4.81. The Hall–Kier alpha value is -2.05. The number of benzene rings is 2. The van der Waals surface area contributed by atoms with Crippen molar-refractivity contribution in [3.8, 4) is 0 Å².